The summed E-state index contributed by atoms with van der Waals surface area (Å²) >= 11 is 0. The second-order valence-corrected chi connectivity index (χ2v) is 4.92. The summed E-state index contributed by atoms with van der Waals surface area (Å²) in [5.41, 5.74) is 2.79. The van der Waals surface area contributed by atoms with E-state index in [0.29, 0.717) is 5.92 Å². The van der Waals surface area contributed by atoms with E-state index in [1.165, 1.54) is 11.1 Å². The lowest BCUT2D eigenvalue weighted by Crippen LogP contribution is -2.18. The van der Waals surface area contributed by atoms with Crippen molar-refractivity contribution in [3.05, 3.63) is 35.4 Å². The first-order valence-electron chi connectivity index (χ1n) is 5.89. The standard InChI is InChI=1S/C14H23N.ClH/c1-11(2)9-15-10-13-5-7-14(8-6-13)12(3)4;/h5-8,11-12,15H,9-10H2,1-4H3;1H. The van der Waals surface area contributed by atoms with Gasteiger partial charge in [0, 0.05) is 6.54 Å². The molecule has 16 heavy (non-hydrogen) atoms. The van der Waals surface area contributed by atoms with Crippen molar-refractivity contribution in [1.29, 1.82) is 0 Å². The molecule has 1 nitrogen and oxygen atoms in total. The Morgan fingerprint density at radius 2 is 1.56 bits per heavy atom. The SMILES string of the molecule is CC(C)CNCc1ccc(C(C)C)cc1.Cl. The van der Waals surface area contributed by atoms with Crippen molar-refractivity contribution in [1.82, 2.24) is 5.32 Å². The van der Waals surface area contributed by atoms with Crippen LogP contribution in [0.15, 0.2) is 24.3 Å². The van der Waals surface area contributed by atoms with Gasteiger partial charge in [-0.25, -0.2) is 0 Å². The van der Waals surface area contributed by atoms with Crippen LogP contribution in [0.4, 0.5) is 0 Å². The Labute approximate surface area is 106 Å². The molecular weight excluding hydrogens is 218 g/mol. The summed E-state index contributed by atoms with van der Waals surface area (Å²) in [5, 5.41) is 3.45. The van der Waals surface area contributed by atoms with E-state index in [1.54, 1.807) is 0 Å². The molecule has 92 valence electrons. The highest BCUT2D eigenvalue weighted by molar-refractivity contribution is 5.85. The van der Waals surface area contributed by atoms with Gasteiger partial charge in [-0.05, 0) is 29.5 Å². The molecule has 0 atom stereocenters. The Hall–Kier alpha value is -0.530. The number of hydrogen-bond acceptors (Lipinski definition) is 1. The first-order valence-corrected chi connectivity index (χ1v) is 5.89. The van der Waals surface area contributed by atoms with Crippen molar-refractivity contribution in [3.8, 4) is 0 Å². The lowest BCUT2D eigenvalue weighted by Gasteiger charge is -2.09. The number of halogens is 1. The minimum atomic E-state index is 0. The van der Waals surface area contributed by atoms with Crippen LogP contribution < -0.4 is 5.32 Å². The maximum absolute atomic E-state index is 3.45. The largest absolute Gasteiger partial charge is 0.312 e. The molecular formula is C14H24ClN. The summed E-state index contributed by atoms with van der Waals surface area (Å²) in [6.45, 7) is 11.0. The van der Waals surface area contributed by atoms with Crippen molar-refractivity contribution in [3.63, 3.8) is 0 Å². The van der Waals surface area contributed by atoms with Crippen LogP contribution in [0, 0.1) is 5.92 Å². The van der Waals surface area contributed by atoms with Gasteiger partial charge in [-0.3, -0.25) is 0 Å². The van der Waals surface area contributed by atoms with Gasteiger partial charge in [0.15, 0.2) is 0 Å². The Kier molecular flexibility index (Phi) is 7.44. The van der Waals surface area contributed by atoms with Crippen molar-refractivity contribution in [2.24, 2.45) is 5.92 Å². The van der Waals surface area contributed by atoms with E-state index >= 15 is 0 Å². The predicted octanol–water partition coefficient (Wildman–Crippen LogP) is 3.98. The summed E-state index contributed by atoms with van der Waals surface area (Å²) < 4.78 is 0. The number of hydrogen-bond donors (Lipinski definition) is 1. The average Bonchev–Trinajstić information content (AvgIpc) is 2.18. The van der Waals surface area contributed by atoms with Crippen LogP contribution in [-0.4, -0.2) is 6.54 Å². The zero-order valence-corrected chi connectivity index (χ0v) is 11.6. The van der Waals surface area contributed by atoms with Crippen LogP contribution in [0.1, 0.15) is 44.7 Å². The van der Waals surface area contributed by atoms with Crippen molar-refractivity contribution >= 4 is 12.4 Å². The third kappa shape index (κ3) is 5.53. The van der Waals surface area contributed by atoms with E-state index in [1.807, 2.05) is 0 Å². The molecule has 0 unspecified atom stereocenters. The molecule has 2 heteroatoms. The Balaban J connectivity index is 0.00000225. The van der Waals surface area contributed by atoms with Gasteiger partial charge in [0.1, 0.15) is 0 Å². The molecule has 0 aliphatic rings. The van der Waals surface area contributed by atoms with E-state index in [9.17, 15) is 0 Å². The van der Waals surface area contributed by atoms with E-state index in [2.05, 4.69) is 57.3 Å². The molecule has 1 aromatic carbocycles. The second kappa shape index (κ2) is 7.70. The Morgan fingerprint density at radius 1 is 1.00 bits per heavy atom. The lowest BCUT2D eigenvalue weighted by atomic mass is 10.0. The summed E-state index contributed by atoms with van der Waals surface area (Å²) in [6.07, 6.45) is 0. The lowest BCUT2D eigenvalue weighted by molar-refractivity contribution is 0.552. The molecule has 1 aromatic rings. The normalized spacial score (nSPS) is 10.6. The highest BCUT2D eigenvalue weighted by atomic mass is 35.5. The van der Waals surface area contributed by atoms with Gasteiger partial charge in [0.2, 0.25) is 0 Å². The van der Waals surface area contributed by atoms with E-state index in [0.717, 1.165) is 19.0 Å². The average molecular weight is 242 g/mol. The van der Waals surface area contributed by atoms with E-state index in [-0.39, 0.29) is 12.4 Å². The molecule has 0 aromatic heterocycles. The number of nitrogens with one attached hydrogen (secondary N) is 1. The van der Waals surface area contributed by atoms with Gasteiger partial charge in [-0.2, -0.15) is 0 Å². The van der Waals surface area contributed by atoms with Crippen LogP contribution in [0.25, 0.3) is 0 Å². The maximum Gasteiger partial charge on any atom is 0.0205 e. The fraction of sp³-hybridized carbons (Fsp3) is 0.571. The van der Waals surface area contributed by atoms with Crippen LogP contribution in [0.5, 0.6) is 0 Å². The minimum Gasteiger partial charge on any atom is -0.312 e. The topological polar surface area (TPSA) is 12.0 Å². The highest BCUT2D eigenvalue weighted by Crippen LogP contribution is 2.14. The van der Waals surface area contributed by atoms with E-state index < -0.39 is 0 Å². The monoisotopic (exact) mass is 241 g/mol. The highest BCUT2D eigenvalue weighted by Gasteiger charge is 1.99. The van der Waals surface area contributed by atoms with Crippen LogP contribution in [-0.2, 0) is 6.54 Å². The molecule has 0 aliphatic carbocycles. The molecule has 0 saturated heterocycles. The molecule has 0 aliphatic heterocycles. The predicted molar refractivity (Wildman–Crippen MR) is 74.3 cm³/mol. The second-order valence-electron chi connectivity index (χ2n) is 4.92. The number of benzene rings is 1. The smallest absolute Gasteiger partial charge is 0.0205 e. The maximum atomic E-state index is 3.45. The van der Waals surface area contributed by atoms with E-state index in [4.69, 9.17) is 0 Å². The molecule has 0 bridgehead atoms. The third-order valence-corrected chi connectivity index (χ3v) is 2.53. The van der Waals surface area contributed by atoms with Crippen LogP contribution >= 0.6 is 12.4 Å². The Morgan fingerprint density at radius 3 is 2.00 bits per heavy atom. The summed E-state index contributed by atoms with van der Waals surface area (Å²) in [6, 6.07) is 8.92. The first kappa shape index (κ1) is 15.5. The molecule has 0 saturated carbocycles. The van der Waals surface area contributed by atoms with Gasteiger partial charge in [-0.1, -0.05) is 52.0 Å². The minimum absolute atomic E-state index is 0. The fourth-order valence-electron chi connectivity index (χ4n) is 1.53. The zero-order valence-electron chi connectivity index (χ0n) is 10.8. The fourth-order valence-corrected chi connectivity index (χ4v) is 1.53. The van der Waals surface area contributed by atoms with Crippen molar-refractivity contribution < 1.29 is 0 Å². The molecule has 0 amide bonds. The van der Waals surface area contributed by atoms with Gasteiger partial charge in [-0.15, -0.1) is 12.4 Å². The van der Waals surface area contributed by atoms with Crippen LogP contribution in [0.3, 0.4) is 0 Å². The number of rotatable bonds is 5. The van der Waals surface area contributed by atoms with Gasteiger partial charge in [0.05, 0.1) is 0 Å². The summed E-state index contributed by atoms with van der Waals surface area (Å²) in [7, 11) is 0. The molecule has 0 heterocycles. The molecule has 1 N–H and O–H groups in total. The van der Waals surface area contributed by atoms with Gasteiger partial charge >= 0.3 is 0 Å². The molecule has 0 spiro atoms. The van der Waals surface area contributed by atoms with Crippen molar-refractivity contribution in [2.75, 3.05) is 6.54 Å². The van der Waals surface area contributed by atoms with Gasteiger partial charge in [0.25, 0.3) is 0 Å². The first-order chi connectivity index (χ1) is 7.09. The molecule has 0 fully saturated rings. The summed E-state index contributed by atoms with van der Waals surface area (Å²) in [5.74, 6) is 1.35. The van der Waals surface area contributed by atoms with Crippen molar-refractivity contribution in [2.45, 2.75) is 40.2 Å². The van der Waals surface area contributed by atoms with Crippen LogP contribution in [0.2, 0.25) is 0 Å². The molecule has 1 rings (SSSR count). The Bertz CT molecular complexity index is 277. The molecule has 0 radical (unpaired) electrons. The summed E-state index contributed by atoms with van der Waals surface area (Å²) in [4.78, 5) is 0. The quantitative estimate of drug-likeness (QED) is 0.823. The van der Waals surface area contributed by atoms with Gasteiger partial charge < -0.3 is 5.32 Å². The third-order valence-electron chi connectivity index (χ3n) is 2.53. The zero-order chi connectivity index (χ0) is 11.3.